The van der Waals surface area contributed by atoms with Crippen molar-refractivity contribution in [2.75, 3.05) is 7.05 Å². The third-order valence-electron chi connectivity index (χ3n) is 10.3. The summed E-state index contributed by atoms with van der Waals surface area (Å²) in [6.07, 6.45) is 0. The van der Waals surface area contributed by atoms with E-state index >= 15 is 0 Å². The van der Waals surface area contributed by atoms with Crippen LogP contribution in [0, 0.1) is 6.92 Å². The van der Waals surface area contributed by atoms with E-state index in [9.17, 15) is 0 Å². The van der Waals surface area contributed by atoms with Gasteiger partial charge in [-0.3, -0.25) is 0 Å². The summed E-state index contributed by atoms with van der Waals surface area (Å²) in [4.78, 5) is 5.04. The van der Waals surface area contributed by atoms with Gasteiger partial charge in [-0.1, -0.05) is 37.4 Å². The molecule has 1 aromatic rings. The van der Waals surface area contributed by atoms with Gasteiger partial charge in [0.05, 0.1) is 0 Å². The van der Waals surface area contributed by atoms with Crippen LogP contribution in [-0.4, -0.2) is 30.4 Å². The molecule has 2 nitrogen and oxygen atoms in total. The molecule has 6 heterocycles. The second kappa shape index (κ2) is 6.29. The molecule has 0 fully saturated rings. The van der Waals surface area contributed by atoms with E-state index in [0.717, 1.165) is 22.1 Å². The Kier molecular flexibility index (Phi) is 3.82. The van der Waals surface area contributed by atoms with E-state index in [1.54, 1.807) is 0 Å². The Labute approximate surface area is 215 Å². The Morgan fingerprint density at radius 1 is 0.639 bits per heavy atom. The Bertz CT molecular complexity index is 1780. The number of likely N-dealkylation sites (N-methyl/N-ethyl adjacent to an activating group) is 1. The summed E-state index contributed by atoms with van der Waals surface area (Å²) in [6.45, 7) is 34.8. The van der Waals surface area contributed by atoms with Gasteiger partial charge >= 0.3 is 13.7 Å². The largest absolute Gasteiger partial charge is 0.410 e. The highest BCUT2D eigenvalue weighted by molar-refractivity contribution is 6.89. The summed E-state index contributed by atoms with van der Waals surface area (Å²) in [5.74, 6) is 0. The van der Waals surface area contributed by atoms with Gasteiger partial charge in [0, 0.05) is 22.7 Å². The molecule has 36 heavy (non-hydrogen) atoms. The zero-order valence-electron chi connectivity index (χ0n) is 22.9. The van der Waals surface area contributed by atoms with Crippen molar-refractivity contribution < 1.29 is 0 Å². The Hall–Kier alpha value is -3.39. The summed E-state index contributed by atoms with van der Waals surface area (Å²) in [7, 11) is 2.20. The maximum absolute atomic E-state index is 4.66. The zero-order chi connectivity index (χ0) is 25.9. The molecule has 0 spiro atoms. The average molecular weight is 466 g/mol. The highest BCUT2D eigenvalue weighted by atomic mass is 15.2. The molecule has 0 N–H and O–H groups in total. The van der Waals surface area contributed by atoms with Crippen molar-refractivity contribution >= 4 is 42.4 Å². The number of rotatable bonds is 0. The van der Waals surface area contributed by atoms with Gasteiger partial charge < -0.3 is 9.62 Å². The molecule has 4 heteroatoms. The van der Waals surface area contributed by atoms with Gasteiger partial charge in [-0.25, -0.2) is 0 Å². The zero-order valence-corrected chi connectivity index (χ0v) is 22.9. The molecule has 0 bridgehead atoms. The van der Waals surface area contributed by atoms with Crippen molar-refractivity contribution in [2.45, 2.75) is 48.5 Å². The van der Waals surface area contributed by atoms with E-state index in [1.165, 1.54) is 88.6 Å². The van der Waals surface area contributed by atoms with Crippen LogP contribution in [-0.2, 0) is 0 Å². The SMILES string of the molecule is C=C1C(C)=C2C(C)=C(C)C3=C(C)C(=C)c4c5c6c(c(C)c4=C)C(C)=C(C)B4C=6C(=C1C(=C)N4C)N2B35. The molecular weight excluding hydrogens is 434 g/mol. The van der Waals surface area contributed by atoms with E-state index in [0.29, 0.717) is 0 Å². The predicted molar refractivity (Wildman–Crippen MR) is 156 cm³/mol. The molecule has 0 unspecified atom stereocenters. The standard InChI is InChI=1S/C32H32B2N2/c1-13-14(2)25-15(3)17(5)28-18(6)20(8)31-19(7)16(4)26-23(11)35(12)33-22(10)21(9)24(13)27-29(25)34(28)36(31)32(26)30(27)33/h2-4,11H2,1,5-10,12H3. The molecule has 0 amide bonds. The summed E-state index contributed by atoms with van der Waals surface area (Å²) < 4.78 is 0. The van der Waals surface area contributed by atoms with Gasteiger partial charge in [-0.15, -0.1) is 0 Å². The van der Waals surface area contributed by atoms with Crippen molar-refractivity contribution in [1.29, 1.82) is 0 Å². The molecule has 0 saturated heterocycles. The minimum Gasteiger partial charge on any atom is -0.410 e. The van der Waals surface area contributed by atoms with Gasteiger partial charge in [0.2, 0.25) is 0 Å². The fourth-order valence-corrected chi connectivity index (χ4v) is 8.14. The molecule has 0 atom stereocenters. The molecule has 0 aliphatic carbocycles. The van der Waals surface area contributed by atoms with Crippen LogP contribution in [0.25, 0.3) is 23.2 Å². The quantitative estimate of drug-likeness (QED) is 0.510. The first-order valence-electron chi connectivity index (χ1n) is 13.0. The highest BCUT2D eigenvalue weighted by Crippen LogP contribution is 2.54. The van der Waals surface area contributed by atoms with E-state index in [4.69, 9.17) is 0 Å². The Balaban J connectivity index is 1.86. The molecular formula is C32H32B2N2. The lowest BCUT2D eigenvalue weighted by Gasteiger charge is -2.56. The molecule has 0 radical (unpaired) electrons. The van der Waals surface area contributed by atoms with Gasteiger partial charge in [-0.05, 0) is 132 Å². The molecule has 0 aromatic heterocycles. The maximum Gasteiger partial charge on any atom is 0.330 e. The summed E-state index contributed by atoms with van der Waals surface area (Å²) in [5, 5.41) is 2.55. The third kappa shape index (κ3) is 1.97. The third-order valence-corrected chi connectivity index (χ3v) is 10.3. The van der Waals surface area contributed by atoms with Crippen LogP contribution in [0.5, 0.6) is 0 Å². The topological polar surface area (TPSA) is 6.48 Å². The predicted octanol–water partition coefficient (Wildman–Crippen LogP) is 4.74. The summed E-state index contributed by atoms with van der Waals surface area (Å²) in [6, 6.07) is 0. The number of hydrogen-bond acceptors (Lipinski definition) is 2. The average Bonchev–Trinajstić information content (AvgIpc) is 2.83. The first-order chi connectivity index (χ1) is 16.9. The van der Waals surface area contributed by atoms with Crippen LogP contribution in [0.4, 0.5) is 0 Å². The maximum atomic E-state index is 4.66. The molecule has 0 saturated carbocycles. The lowest BCUT2D eigenvalue weighted by molar-refractivity contribution is 0.604. The number of benzene rings is 1. The van der Waals surface area contributed by atoms with Crippen LogP contribution in [0.2, 0.25) is 0 Å². The van der Waals surface area contributed by atoms with Crippen molar-refractivity contribution in [3.63, 3.8) is 0 Å². The minimum atomic E-state index is 0.124. The van der Waals surface area contributed by atoms with E-state index in [-0.39, 0.29) is 13.7 Å². The molecule has 6 aliphatic heterocycles. The van der Waals surface area contributed by atoms with Crippen molar-refractivity contribution in [3.05, 3.63) is 108 Å². The fourth-order valence-electron chi connectivity index (χ4n) is 8.14. The molecule has 176 valence electrons. The molecule has 7 rings (SSSR count). The number of nitrogens with zero attached hydrogens (tertiary/aromatic N) is 2. The van der Waals surface area contributed by atoms with Crippen molar-refractivity contribution in [2.24, 2.45) is 0 Å². The van der Waals surface area contributed by atoms with Crippen LogP contribution in [0.3, 0.4) is 0 Å². The highest BCUT2D eigenvalue weighted by Gasteiger charge is 2.55. The first kappa shape index (κ1) is 21.9. The monoisotopic (exact) mass is 466 g/mol. The van der Waals surface area contributed by atoms with Crippen molar-refractivity contribution in [1.82, 2.24) is 9.62 Å². The van der Waals surface area contributed by atoms with E-state index in [1.807, 2.05) is 0 Å². The van der Waals surface area contributed by atoms with Crippen LogP contribution in [0.15, 0.2) is 81.2 Å². The lowest BCUT2D eigenvalue weighted by Crippen LogP contribution is -2.69. The first-order valence-corrected chi connectivity index (χ1v) is 13.0. The minimum absolute atomic E-state index is 0.124. The molecule has 6 aliphatic rings. The molecule has 1 aromatic carbocycles. The van der Waals surface area contributed by atoms with Gasteiger partial charge in [0.25, 0.3) is 0 Å². The second-order valence-corrected chi connectivity index (χ2v) is 11.5. The van der Waals surface area contributed by atoms with Gasteiger partial charge in [0.15, 0.2) is 0 Å². The second-order valence-electron chi connectivity index (χ2n) is 11.5. The van der Waals surface area contributed by atoms with Crippen LogP contribution in [0.1, 0.15) is 58.2 Å². The Morgan fingerprint density at radius 3 is 1.97 bits per heavy atom. The Morgan fingerprint density at radius 2 is 1.31 bits per heavy atom. The lowest BCUT2D eigenvalue weighted by atomic mass is 9.32. The number of allylic oxidation sites excluding steroid dienone is 10. The van der Waals surface area contributed by atoms with Crippen LogP contribution >= 0.6 is 0 Å². The normalized spacial score (nSPS) is 21.9. The van der Waals surface area contributed by atoms with Gasteiger partial charge in [-0.2, -0.15) is 0 Å². The van der Waals surface area contributed by atoms with E-state index < -0.39 is 0 Å². The van der Waals surface area contributed by atoms with Crippen molar-refractivity contribution in [3.8, 4) is 0 Å². The summed E-state index contributed by atoms with van der Waals surface area (Å²) >= 11 is 0. The van der Waals surface area contributed by atoms with Crippen LogP contribution < -0.4 is 15.9 Å². The smallest absolute Gasteiger partial charge is 0.330 e. The van der Waals surface area contributed by atoms with E-state index in [2.05, 4.69) is 91.5 Å². The van der Waals surface area contributed by atoms with Gasteiger partial charge in [0.1, 0.15) is 0 Å². The fraction of sp³-hybridized carbons (Fsp3) is 0.250. The number of hydrogen-bond donors (Lipinski definition) is 0. The summed E-state index contributed by atoms with van der Waals surface area (Å²) in [5.41, 5.74) is 23.4.